The topological polar surface area (TPSA) is 132 Å². The van der Waals surface area contributed by atoms with Gasteiger partial charge >= 0.3 is 21.2 Å². The fourth-order valence-electron chi connectivity index (χ4n) is 4.79. The molecule has 1 aliphatic heterocycles. The van der Waals surface area contributed by atoms with Crippen molar-refractivity contribution in [3.63, 3.8) is 0 Å². The molecule has 4 aromatic rings. The van der Waals surface area contributed by atoms with Gasteiger partial charge in [-0.25, -0.2) is 23.1 Å². The second-order valence-corrected chi connectivity index (χ2v) is 14.6. The van der Waals surface area contributed by atoms with Gasteiger partial charge in [0, 0.05) is 45.0 Å². The molecular formula is C26H31ClFN7O5S2. The molecule has 226 valence electrons. The molecule has 4 heterocycles. The number of hydrogen-bond acceptors (Lipinski definition) is 9. The summed E-state index contributed by atoms with van der Waals surface area (Å²) in [5.74, 6) is 0.280. The molecule has 0 unspecified atom stereocenters. The van der Waals surface area contributed by atoms with Gasteiger partial charge in [0.05, 0.1) is 34.0 Å². The van der Waals surface area contributed by atoms with Gasteiger partial charge in [0.1, 0.15) is 23.1 Å². The monoisotopic (exact) mass is 639 g/mol. The fourth-order valence-corrected chi connectivity index (χ4v) is 7.07. The van der Waals surface area contributed by atoms with Crippen LogP contribution in [0.4, 0.5) is 15.0 Å². The van der Waals surface area contributed by atoms with E-state index in [1.54, 1.807) is 44.9 Å². The third kappa shape index (κ3) is 5.45. The normalized spacial score (nSPS) is 18.3. The maximum absolute atomic E-state index is 15.2. The number of benzene rings is 1. The Morgan fingerprint density at radius 2 is 1.98 bits per heavy atom. The van der Waals surface area contributed by atoms with E-state index in [1.807, 2.05) is 0 Å². The maximum Gasteiger partial charge on any atom is 0.407 e. The zero-order valence-corrected chi connectivity index (χ0v) is 26.3. The number of amides is 1. The highest BCUT2D eigenvalue weighted by Gasteiger charge is 2.33. The quantitative estimate of drug-likeness (QED) is 0.349. The van der Waals surface area contributed by atoms with Crippen molar-refractivity contribution in [3.8, 4) is 11.1 Å². The van der Waals surface area contributed by atoms with Gasteiger partial charge < -0.3 is 19.5 Å². The number of carbonyl (C=O) groups excluding carboxylic acids is 1. The van der Waals surface area contributed by atoms with Crippen LogP contribution < -0.4 is 15.1 Å². The van der Waals surface area contributed by atoms with Crippen LogP contribution >= 0.6 is 22.9 Å². The Labute approximate surface area is 250 Å². The van der Waals surface area contributed by atoms with Gasteiger partial charge in [-0.3, -0.25) is 4.79 Å². The third-order valence-electron chi connectivity index (χ3n) is 6.91. The predicted octanol–water partition coefficient (Wildman–Crippen LogP) is 3.76. The van der Waals surface area contributed by atoms with Gasteiger partial charge in [-0.05, 0) is 33.3 Å². The van der Waals surface area contributed by atoms with Crippen molar-refractivity contribution in [1.29, 1.82) is 0 Å². The first-order chi connectivity index (χ1) is 19.6. The second kappa shape index (κ2) is 10.8. The molecule has 1 aromatic carbocycles. The Morgan fingerprint density at radius 3 is 2.62 bits per heavy atom. The number of alkyl carbamates (subject to hydrolysis) is 1. The zero-order valence-electron chi connectivity index (χ0n) is 23.9. The number of aryl methyl sites for hydroxylation is 1. The molecule has 5 rings (SSSR count). The number of ether oxygens (including phenoxy) is 1. The smallest absolute Gasteiger partial charge is 0.407 e. The van der Waals surface area contributed by atoms with Gasteiger partial charge in [0.2, 0.25) is 0 Å². The molecule has 16 heteroatoms. The Bertz CT molecular complexity index is 1860. The van der Waals surface area contributed by atoms with E-state index in [0.717, 1.165) is 19.6 Å². The summed E-state index contributed by atoms with van der Waals surface area (Å²) in [6.45, 7) is 5.43. The predicted molar refractivity (Wildman–Crippen MR) is 161 cm³/mol. The first kappa shape index (κ1) is 30.2. The van der Waals surface area contributed by atoms with Crippen molar-refractivity contribution >= 4 is 66.4 Å². The summed E-state index contributed by atoms with van der Waals surface area (Å²) >= 11 is 7.83. The van der Waals surface area contributed by atoms with E-state index in [1.165, 1.54) is 31.1 Å². The average Bonchev–Trinajstić information content (AvgIpc) is 3.41. The molecule has 42 heavy (non-hydrogen) atoms. The number of piperidine rings is 1. The largest absolute Gasteiger partial charge is 0.444 e. The summed E-state index contributed by atoms with van der Waals surface area (Å²) in [5.41, 5.74) is 1.01. The molecule has 0 aliphatic carbocycles. The Morgan fingerprint density at radius 1 is 1.26 bits per heavy atom. The third-order valence-corrected chi connectivity index (χ3v) is 9.98. The van der Waals surface area contributed by atoms with Gasteiger partial charge in [0.15, 0.2) is 5.65 Å². The van der Waals surface area contributed by atoms with Crippen LogP contribution in [0.15, 0.2) is 29.3 Å². The number of halogens is 2. The number of rotatable bonds is 5. The Balaban J connectivity index is 1.53. The number of nitrogens with one attached hydrogen (secondary N) is 1. The summed E-state index contributed by atoms with van der Waals surface area (Å²) in [6, 6.07) is 2.72. The molecule has 1 aliphatic rings. The highest BCUT2D eigenvalue weighted by molar-refractivity contribution is 7.87. The van der Waals surface area contributed by atoms with Gasteiger partial charge in [-0.2, -0.15) is 12.7 Å². The second-order valence-electron chi connectivity index (χ2n) is 11.2. The SMILES string of the molecule is CN(C)S(=O)(=O)n1cc(-c2ccc3sc(=O)n(C)c3c2Cl)c2ncc(N3CC[C@H](NC(=O)OC(C)(C)C)[C@H](F)C3)nc21. The number of fused-ring (bicyclic) bond motifs is 2. The molecule has 0 spiro atoms. The zero-order chi connectivity index (χ0) is 30.7. The van der Waals surface area contributed by atoms with Gasteiger partial charge in [0.25, 0.3) is 0 Å². The number of alkyl halides is 1. The fraction of sp³-hybridized carbons (Fsp3) is 0.462. The molecule has 1 saturated heterocycles. The highest BCUT2D eigenvalue weighted by Crippen LogP contribution is 2.39. The van der Waals surface area contributed by atoms with E-state index in [0.29, 0.717) is 27.9 Å². The van der Waals surface area contributed by atoms with Gasteiger partial charge in [-0.1, -0.05) is 29.0 Å². The number of carbonyl (C=O) groups is 1. The minimum Gasteiger partial charge on any atom is -0.444 e. The van der Waals surface area contributed by atoms with Crippen LogP contribution in [0.3, 0.4) is 0 Å². The number of anilines is 1. The minimum atomic E-state index is -4.05. The first-order valence-electron chi connectivity index (χ1n) is 13.1. The first-order valence-corrected chi connectivity index (χ1v) is 15.7. The van der Waals surface area contributed by atoms with Crippen LogP contribution in [0.5, 0.6) is 0 Å². The summed E-state index contributed by atoms with van der Waals surface area (Å²) in [6.07, 6.45) is 1.01. The van der Waals surface area contributed by atoms with Crippen LogP contribution in [0, 0.1) is 0 Å². The summed E-state index contributed by atoms with van der Waals surface area (Å²) in [7, 11) is 0.364. The summed E-state index contributed by atoms with van der Waals surface area (Å²) in [4.78, 5) is 35.1. The number of hydrogen-bond donors (Lipinski definition) is 1. The van der Waals surface area contributed by atoms with E-state index in [-0.39, 0.29) is 39.8 Å². The molecule has 3 aromatic heterocycles. The number of aromatic nitrogens is 4. The molecule has 1 amide bonds. The van der Waals surface area contributed by atoms with Crippen molar-refractivity contribution in [2.24, 2.45) is 7.05 Å². The number of thiazole rings is 1. The molecule has 2 atom stereocenters. The van der Waals surface area contributed by atoms with Crippen molar-refractivity contribution in [1.82, 2.24) is 28.1 Å². The van der Waals surface area contributed by atoms with Crippen LogP contribution in [-0.4, -0.2) is 82.3 Å². The van der Waals surface area contributed by atoms with E-state index in [4.69, 9.17) is 16.3 Å². The van der Waals surface area contributed by atoms with Crippen LogP contribution in [0.1, 0.15) is 27.2 Å². The van der Waals surface area contributed by atoms with E-state index < -0.39 is 34.1 Å². The van der Waals surface area contributed by atoms with Crippen molar-refractivity contribution in [2.75, 3.05) is 32.1 Å². The van der Waals surface area contributed by atoms with Gasteiger partial charge in [-0.15, -0.1) is 0 Å². The lowest BCUT2D eigenvalue weighted by Gasteiger charge is -2.35. The standard InChI is InChI=1S/C26H31ClFN7O5S2/c1-26(2,3)40-24(36)30-17-9-10-34(13-16(17)28)19-11-29-21-15(12-35(23(21)31-19)42(38,39)32(4)5)14-7-8-18-22(20(14)27)33(6)25(37)41-18/h7-8,11-12,16-17H,9-10,13H2,1-6H3,(H,30,36)/t16-,17+/m1/s1. The molecule has 12 nitrogen and oxygen atoms in total. The Hall–Kier alpha value is -3.27. The van der Waals surface area contributed by atoms with Crippen LogP contribution in [0.2, 0.25) is 5.02 Å². The summed E-state index contributed by atoms with van der Waals surface area (Å²) in [5, 5.41) is 2.87. The maximum atomic E-state index is 15.2. The molecule has 0 radical (unpaired) electrons. The minimum absolute atomic E-state index is 0.0379. The molecule has 1 N–H and O–H groups in total. The number of nitrogens with zero attached hydrogens (tertiary/aromatic N) is 6. The van der Waals surface area contributed by atoms with Crippen LogP contribution in [0.25, 0.3) is 32.5 Å². The lowest BCUT2D eigenvalue weighted by Crippen LogP contribution is -2.53. The molecule has 0 bridgehead atoms. The highest BCUT2D eigenvalue weighted by atomic mass is 35.5. The lowest BCUT2D eigenvalue weighted by atomic mass is 10.0. The molecular weight excluding hydrogens is 609 g/mol. The lowest BCUT2D eigenvalue weighted by molar-refractivity contribution is 0.0463. The van der Waals surface area contributed by atoms with E-state index in [9.17, 15) is 18.0 Å². The van der Waals surface area contributed by atoms with E-state index in [2.05, 4.69) is 15.3 Å². The van der Waals surface area contributed by atoms with Crippen LogP contribution in [-0.2, 0) is 22.0 Å². The van der Waals surface area contributed by atoms with Crippen molar-refractivity contribution in [3.05, 3.63) is 39.2 Å². The average molecular weight is 640 g/mol. The van der Waals surface area contributed by atoms with Crippen molar-refractivity contribution < 1.29 is 22.3 Å². The summed E-state index contributed by atoms with van der Waals surface area (Å²) < 4.78 is 51.3. The molecule has 0 saturated carbocycles. The molecule has 1 fully saturated rings. The van der Waals surface area contributed by atoms with Crippen molar-refractivity contribution in [2.45, 2.75) is 45.0 Å². The Kier molecular flexibility index (Phi) is 7.75. The van der Waals surface area contributed by atoms with E-state index >= 15 is 4.39 Å².